The van der Waals surface area contributed by atoms with Gasteiger partial charge in [0, 0.05) is 23.2 Å². The second-order valence-corrected chi connectivity index (χ2v) is 8.20. The van der Waals surface area contributed by atoms with Crippen molar-refractivity contribution >= 4 is 52.5 Å². The molecule has 1 spiro atoms. The number of anilines is 2. The van der Waals surface area contributed by atoms with E-state index in [2.05, 4.69) is 0 Å². The first-order valence-electron chi connectivity index (χ1n) is 8.10. The summed E-state index contributed by atoms with van der Waals surface area (Å²) in [5, 5.41) is 0.119. The van der Waals surface area contributed by atoms with Crippen LogP contribution in [0.2, 0.25) is 5.02 Å². The number of amides is 3. The third-order valence-electron chi connectivity index (χ3n) is 4.63. The van der Waals surface area contributed by atoms with Crippen LogP contribution in [0.15, 0.2) is 48.5 Å². The molecule has 4 rings (SSSR count). The number of carbonyl (C=O) groups is 3. The number of hydrogen-bond acceptors (Lipinski definition) is 4. The van der Waals surface area contributed by atoms with Gasteiger partial charge in [-0.25, -0.2) is 4.90 Å². The molecule has 2 atom stereocenters. The SMILES string of the molecule is CC(=O)N1C(=O)[C@@]2(S[C@H](C)C(=O)N2c2ccc(Cl)cc2)c2ccccc21. The van der Waals surface area contributed by atoms with Crippen LogP contribution in [0, 0.1) is 0 Å². The third kappa shape index (κ3) is 2.15. The van der Waals surface area contributed by atoms with Gasteiger partial charge in [0.1, 0.15) is 0 Å². The van der Waals surface area contributed by atoms with Gasteiger partial charge in [-0.3, -0.25) is 19.3 Å². The second-order valence-electron chi connectivity index (χ2n) is 6.23. The van der Waals surface area contributed by atoms with Crippen LogP contribution in [0.4, 0.5) is 11.4 Å². The predicted octanol–water partition coefficient (Wildman–Crippen LogP) is 3.55. The van der Waals surface area contributed by atoms with E-state index in [4.69, 9.17) is 11.6 Å². The van der Waals surface area contributed by atoms with Crippen molar-refractivity contribution in [2.45, 2.75) is 24.0 Å². The Balaban J connectivity index is 1.98. The molecular formula is C19H15ClN2O3S. The second kappa shape index (κ2) is 5.86. The molecule has 2 aromatic rings. The van der Waals surface area contributed by atoms with E-state index in [-0.39, 0.29) is 11.8 Å². The number of imide groups is 1. The number of thioether (sulfide) groups is 1. The topological polar surface area (TPSA) is 57.7 Å². The maximum absolute atomic E-state index is 13.4. The van der Waals surface area contributed by atoms with Crippen molar-refractivity contribution in [2.24, 2.45) is 0 Å². The molecule has 26 heavy (non-hydrogen) atoms. The number of benzene rings is 2. The zero-order valence-electron chi connectivity index (χ0n) is 14.1. The molecule has 2 aliphatic heterocycles. The maximum Gasteiger partial charge on any atom is 0.275 e. The zero-order valence-corrected chi connectivity index (χ0v) is 15.7. The number of rotatable bonds is 1. The van der Waals surface area contributed by atoms with Gasteiger partial charge in [0.2, 0.25) is 16.7 Å². The highest BCUT2D eigenvalue weighted by Gasteiger charge is 2.63. The largest absolute Gasteiger partial charge is 0.283 e. The van der Waals surface area contributed by atoms with Gasteiger partial charge in [0.05, 0.1) is 10.9 Å². The molecule has 0 N–H and O–H groups in total. The summed E-state index contributed by atoms with van der Waals surface area (Å²) in [5.41, 5.74) is 1.75. The summed E-state index contributed by atoms with van der Waals surface area (Å²) in [6.07, 6.45) is 0. The number of fused-ring (bicyclic) bond motifs is 2. The highest BCUT2D eigenvalue weighted by molar-refractivity contribution is 8.03. The van der Waals surface area contributed by atoms with Gasteiger partial charge in [0.15, 0.2) is 0 Å². The minimum atomic E-state index is -1.29. The molecule has 3 amide bonds. The van der Waals surface area contributed by atoms with E-state index < -0.39 is 16.0 Å². The fraction of sp³-hybridized carbons (Fsp3) is 0.211. The Labute approximate surface area is 159 Å². The van der Waals surface area contributed by atoms with Crippen molar-refractivity contribution in [1.29, 1.82) is 0 Å². The summed E-state index contributed by atoms with van der Waals surface area (Å²) >= 11 is 7.24. The van der Waals surface area contributed by atoms with Crippen LogP contribution >= 0.6 is 23.4 Å². The zero-order chi connectivity index (χ0) is 18.6. The van der Waals surface area contributed by atoms with Gasteiger partial charge in [-0.2, -0.15) is 0 Å². The predicted molar refractivity (Wildman–Crippen MR) is 102 cm³/mol. The van der Waals surface area contributed by atoms with Crippen LogP contribution < -0.4 is 9.80 Å². The van der Waals surface area contributed by atoms with Gasteiger partial charge >= 0.3 is 0 Å². The Morgan fingerprint density at radius 1 is 1.12 bits per heavy atom. The Kier molecular flexibility index (Phi) is 3.86. The lowest BCUT2D eigenvalue weighted by atomic mass is 10.0. The highest BCUT2D eigenvalue weighted by Crippen LogP contribution is 2.57. The Hall–Kier alpha value is -2.31. The third-order valence-corrected chi connectivity index (χ3v) is 6.36. The standard InChI is InChI=1S/C19H15ClN2O3S/c1-11-17(24)22(14-9-7-13(20)8-10-14)19(26-11)15-5-3-4-6-16(15)21(12(2)23)18(19)25/h3-11H,1-2H3/t11-,19+/m1/s1. The number of hydrogen-bond donors (Lipinski definition) is 0. The molecule has 0 aromatic heterocycles. The van der Waals surface area contributed by atoms with Crippen molar-refractivity contribution in [3.63, 3.8) is 0 Å². The van der Waals surface area contributed by atoms with Gasteiger partial charge in [-0.1, -0.05) is 29.8 Å². The van der Waals surface area contributed by atoms with Gasteiger partial charge < -0.3 is 0 Å². The summed E-state index contributed by atoms with van der Waals surface area (Å²) in [5.74, 6) is -0.960. The molecule has 1 fully saturated rings. The quantitative estimate of drug-likeness (QED) is 0.752. The fourth-order valence-corrected chi connectivity index (χ4v) is 5.21. The first-order chi connectivity index (χ1) is 12.4. The maximum atomic E-state index is 13.4. The lowest BCUT2D eigenvalue weighted by Crippen LogP contribution is -2.50. The smallest absolute Gasteiger partial charge is 0.275 e. The molecule has 5 nitrogen and oxygen atoms in total. The van der Waals surface area contributed by atoms with Gasteiger partial charge in [0.25, 0.3) is 5.91 Å². The van der Waals surface area contributed by atoms with Crippen molar-refractivity contribution in [3.8, 4) is 0 Å². The van der Waals surface area contributed by atoms with Crippen molar-refractivity contribution < 1.29 is 14.4 Å². The molecule has 2 heterocycles. The van der Waals surface area contributed by atoms with Crippen LogP contribution in [0.3, 0.4) is 0 Å². The summed E-state index contributed by atoms with van der Waals surface area (Å²) in [6.45, 7) is 3.13. The average Bonchev–Trinajstić information content (AvgIpc) is 3.02. The molecule has 0 radical (unpaired) electrons. The number of carbonyl (C=O) groups excluding carboxylic acids is 3. The van der Waals surface area contributed by atoms with E-state index >= 15 is 0 Å². The summed E-state index contributed by atoms with van der Waals surface area (Å²) < 4.78 is 0. The van der Waals surface area contributed by atoms with E-state index in [0.29, 0.717) is 22.0 Å². The first kappa shape index (κ1) is 17.1. The van der Waals surface area contributed by atoms with E-state index in [9.17, 15) is 14.4 Å². The van der Waals surface area contributed by atoms with Crippen LogP contribution in [0.1, 0.15) is 19.4 Å². The molecule has 7 heteroatoms. The van der Waals surface area contributed by atoms with Crippen LogP contribution in [0.5, 0.6) is 0 Å². The van der Waals surface area contributed by atoms with Gasteiger partial charge in [-0.15, -0.1) is 11.8 Å². The molecule has 1 saturated heterocycles. The highest BCUT2D eigenvalue weighted by atomic mass is 35.5. The molecule has 0 saturated carbocycles. The van der Waals surface area contributed by atoms with Crippen LogP contribution in [-0.2, 0) is 19.3 Å². The molecule has 0 unspecified atom stereocenters. The summed E-state index contributed by atoms with van der Waals surface area (Å²) in [7, 11) is 0. The number of para-hydroxylation sites is 1. The molecule has 0 bridgehead atoms. The normalized spacial score (nSPS) is 24.5. The summed E-state index contributed by atoms with van der Waals surface area (Å²) in [4.78, 5) is 40.0. The van der Waals surface area contributed by atoms with Crippen molar-refractivity contribution in [3.05, 3.63) is 59.1 Å². The minimum absolute atomic E-state index is 0.175. The Morgan fingerprint density at radius 3 is 2.42 bits per heavy atom. The average molecular weight is 387 g/mol. The van der Waals surface area contributed by atoms with Crippen molar-refractivity contribution in [2.75, 3.05) is 9.80 Å². The molecule has 2 aliphatic rings. The van der Waals surface area contributed by atoms with E-state index in [1.807, 2.05) is 6.07 Å². The van der Waals surface area contributed by atoms with Crippen LogP contribution in [0.25, 0.3) is 0 Å². The first-order valence-corrected chi connectivity index (χ1v) is 9.36. The minimum Gasteiger partial charge on any atom is -0.283 e. The van der Waals surface area contributed by atoms with E-state index in [1.165, 1.54) is 23.6 Å². The number of nitrogens with zero attached hydrogens (tertiary/aromatic N) is 2. The lowest BCUT2D eigenvalue weighted by Gasteiger charge is -2.32. The van der Waals surface area contributed by atoms with Crippen LogP contribution in [-0.4, -0.2) is 23.0 Å². The van der Waals surface area contributed by atoms with E-state index in [1.54, 1.807) is 49.4 Å². The van der Waals surface area contributed by atoms with Crippen molar-refractivity contribution in [1.82, 2.24) is 0 Å². The molecule has 0 aliphatic carbocycles. The summed E-state index contributed by atoms with van der Waals surface area (Å²) in [6, 6.07) is 13.9. The molecule has 2 aromatic carbocycles. The fourth-order valence-electron chi connectivity index (χ4n) is 3.57. The van der Waals surface area contributed by atoms with E-state index in [0.717, 1.165) is 4.90 Å². The van der Waals surface area contributed by atoms with Gasteiger partial charge in [-0.05, 0) is 37.3 Å². The lowest BCUT2D eigenvalue weighted by molar-refractivity contribution is -0.128. The molecule has 132 valence electrons. The Bertz CT molecular complexity index is 946. The number of halogens is 1. The Morgan fingerprint density at radius 2 is 1.77 bits per heavy atom. The molecular weight excluding hydrogens is 372 g/mol. The monoisotopic (exact) mass is 386 g/mol.